The fraction of sp³-hybridized carbons (Fsp3) is 0.150. The van der Waals surface area contributed by atoms with Crippen LogP contribution in [0.3, 0.4) is 0 Å². The van der Waals surface area contributed by atoms with Gasteiger partial charge in [0.15, 0.2) is 0 Å². The molecular formula is C20H19N3O2. The van der Waals surface area contributed by atoms with Gasteiger partial charge in [-0.25, -0.2) is 5.43 Å². The smallest absolute Gasteiger partial charge is 0.273 e. The molecule has 0 saturated heterocycles. The second-order valence-corrected chi connectivity index (χ2v) is 5.48. The number of rotatable bonds is 5. The van der Waals surface area contributed by atoms with Crippen molar-refractivity contribution in [1.82, 2.24) is 10.4 Å². The average molecular weight is 333 g/mol. The SMILES string of the molecule is CCOc1ccccc1/C=N\NC(=O)c1cc2ccccc2nc1C. The number of ether oxygens (including phenoxy) is 1. The summed E-state index contributed by atoms with van der Waals surface area (Å²) >= 11 is 0. The van der Waals surface area contributed by atoms with Gasteiger partial charge in [-0.2, -0.15) is 5.10 Å². The van der Waals surface area contributed by atoms with Crippen molar-refractivity contribution in [3.63, 3.8) is 0 Å². The molecule has 5 nitrogen and oxygen atoms in total. The van der Waals surface area contributed by atoms with Crippen LogP contribution in [0.5, 0.6) is 5.75 Å². The van der Waals surface area contributed by atoms with E-state index < -0.39 is 0 Å². The van der Waals surface area contributed by atoms with Crippen LogP contribution in [0.25, 0.3) is 10.9 Å². The summed E-state index contributed by atoms with van der Waals surface area (Å²) in [6.07, 6.45) is 1.58. The number of carbonyl (C=O) groups is 1. The molecule has 0 aliphatic heterocycles. The van der Waals surface area contributed by atoms with Gasteiger partial charge in [0, 0.05) is 10.9 Å². The molecule has 0 aliphatic rings. The van der Waals surface area contributed by atoms with Crippen LogP contribution in [0, 0.1) is 6.92 Å². The summed E-state index contributed by atoms with van der Waals surface area (Å²) in [6, 6.07) is 17.1. The average Bonchev–Trinajstić information content (AvgIpc) is 2.62. The van der Waals surface area contributed by atoms with E-state index in [0.29, 0.717) is 17.9 Å². The number of fused-ring (bicyclic) bond motifs is 1. The number of aromatic nitrogens is 1. The molecule has 0 aliphatic carbocycles. The first-order valence-electron chi connectivity index (χ1n) is 8.10. The van der Waals surface area contributed by atoms with Crippen LogP contribution in [0.1, 0.15) is 28.5 Å². The lowest BCUT2D eigenvalue weighted by Gasteiger charge is -2.07. The van der Waals surface area contributed by atoms with E-state index in [1.807, 2.05) is 68.4 Å². The van der Waals surface area contributed by atoms with Crippen LogP contribution in [-0.4, -0.2) is 23.7 Å². The lowest BCUT2D eigenvalue weighted by atomic mass is 10.1. The maximum absolute atomic E-state index is 12.4. The second kappa shape index (κ2) is 7.57. The predicted octanol–water partition coefficient (Wildman–Crippen LogP) is 3.71. The summed E-state index contributed by atoms with van der Waals surface area (Å²) in [6.45, 7) is 4.31. The van der Waals surface area contributed by atoms with E-state index >= 15 is 0 Å². The first-order chi connectivity index (χ1) is 12.2. The Morgan fingerprint density at radius 3 is 2.80 bits per heavy atom. The minimum atomic E-state index is -0.291. The van der Waals surface area contributed by atoms with E-state index in [-0.39, 0.29) is 5.91 Å². The second-order valence-electron chi connectivity index (χ2n) is 5.48. The highest BCUT2D eigenvalue weighted by Gasteiger charge is 2.10. The third-order valence-electron chi connectivity index (χ3n) is 3.75. The number of carbonyl (C=O) groups excluding carboxylic acids is 1. The third-order valence-corrected chi connectivity index (χ3v) is 3.75. The molecule has 0 atom stereocenters. The number of pyridine rings is 1. The Hall–Kier alpha value is -3.21. The molecule has 0 unspecified atom stereocenters. The van der Waals surface area contributed by atoms with Crippen molar-refractivity contribution in [3.8, 4) is 5.75 Å². The molecule has 2 aromatic carbocycles. The third kappa shape index (κ3) is 3.83. The first-order valence-corrected chi connectivity index (χ1v) is 8.10. The van der Waals surface area contributed by atoms with Gasteiger partial charge in [0.25, 0.3) is 5.91 Å². The van der Waals surface area contributed by atoms with Gasteiger partial charge >= 0.3 is 0 Å². The first kappa shape index (κ1) is 16.6. The summed E-state index contributed by atoms with van der Waals surface area (Å²) in [4.78, 5) is 16.9. The molecule has 0 radical (unpaired) electrons. The maximum Gasteiger partial charge on any atom is 0.273 e. The zero-order chi connectivity index (χ0) is 17.6. The molecule has 1 N–H and O–H groups in total. The molecule has 0 bridgehead atoms. The molecule has 1 aromatic heterocycles. The van der Waals surface area contributed by atoms with Crippen molar-refractivity contribution in [1.29, 1.82) is 0 Å². The zero-order valence-electron chi connectivity index (χ0n) is 14.2. The van der Waals surface area contributed by atoms with Crippen molar-refractivity contribution in [2.75, 3.05) is 6.61 Å². The van der Waals surface area contributed by atoms with Crippen LogP contribution in [0.4, 0.5) is 0 Å². The normalized spacial score (nSPS) is 11.0. The Balaban J connectivity index is 1.78. The van der Waals surface area contributed by atoms with E-state index in [0.717, 1.165) is 22.2 Å². The minimum Gasteiger partial charge on any atom is -0.493 e. The molecular weight excluding hydrogens is 314 g/mol. The fourth-order valence-electron chi connectivity index (χ4n) is 2.54. The Morgan fingerprint density at radius 1 is 1.20 bits per heavy atom. The molecule has 126 valence electrons. The molecule has 0 spiro atoms. The van der Waals surface area contributed by atoms with Crippen LogP contribution >= 0.6 is 0 Å². The van der Waals surface area contributed by atoms with Crippen LogP contribution in [0.2, 0.25) is 0 Å². The largest absolute Gasteiger partial charge is 0.493 e. The molecule has 3 rings (SSSR count). The van der Waals surface area contributed by atoms with Crippen molar-refractivity contribution in [2.45, 2.75) is 13.8 Å². The molecule has 3 aromatic rings. The van der Waals surface area contributed by atoms with E-state index in [1.54, 1.807) is 6.21 Å². The summed E-state index contributed by atoms with van der Waals surface area (Å²) in [5, 5.41) is 4.97. The van der Waals surface area contributed by atoms with Gasteiger partial charge in [-0.1, -0.05) is 30.3 Å². The number of hydrazone groups is 1. The summed E-state index contributed by atoms with van der Waals surface area (Å²) in [5.41, 5.74) is 5.40. The lowest BCUT2D eigenvalue weighted by Crippen LogP contribution is -2.19. The van der Waals surface area contributed by atoms with Gasteiger partial charge in [-0.3, -0.25) is 9.78 Å². The molecule has 5 heteroatoms. The van der Waals surface area contributed by atoms with E-state index in [1.165, 1.54) is 0 Å². The Labute approximate surface area is 146 Å². The Bertz CT molecular complexity index is 935. The van der Waals surface area contributed by atoms with Crippen molar-refractivity contribution in [2.24, 2.45) is 5.10 Å². The summed E-state index contributed by atoms with van der Waals surface area (Å²) < 4.78 is 5.53. The number of benzene rings is 2. The van der Waals surface area contributed by atoms with Gasteiger partial charge in [-0.15, -0.1) is 0 Å². The quantitative estimate of drug-likeness (QED) is 0.572. The monoisotopic (exact) mass is 333 g/mol. The molecule has 1 amide bonds. The van der Waals surface area contributed by atoms with E-state index in [9.17, 15) is 4.79 Å². The Kier molecular flexibility index (Phi) is 5.04. The van der Waals surface area contributed by atoms with Crippen LogP contribution in [-0.2, 0) is 0 Å². The van der Waals surface area contributed by atoms with Crippen molar-refractivity contribution in [3.05, 3.63) is 71.4 Å². The van der Waals surface area contributed by atoms with Gasteiger partial charge in [0.1, 0.15) is 5.75 Å². The van der Waals surface area contributed by atoms with Gasteiger partial charge in [0.05, 0.1) is 29.6 Å². The molecule has 0 saturated carbocycles. The standard InChI is InChI=1S/C20H19N3O2/c1-3-25-19-11-7-5-9-16(19)13-21-23-20(24)17-12-15-8-4-6-10-18(15)22-14(17)2/h4-13H,3H2,1-2H3,(H,23,24)/b21-13-. The van der Waals surface area contributed by atoms with Gasteiger partial charge < -0.3 is 4.74 Å². The number of hydrogen-bond acceptors (Lipinski definition) is 4. The van der Waals surface area contributed by atoms with Crippen LogP contribution < -0.4 is 10.2 Å². The van der Waals surface area contributed by atoms with Crippen molar-refractivity contribution >= 4 is 23.0 Å². The van der Waals surface area contributed by atoms with Crippen LogP contribution in [0.15, 0.2) is 59.7 Å². The highest BCUT2D eigenvalue weighted by Crippen LogP contribution is 2.17. The number of hydrogen-bond donors (Lipinski definition) is 1. The molecule has 1 heterocycles. The molecule has 0 fully saturated rings. The number of nitrogens with zero attached hydrogens (tertiary/aromatic N) is 2. The highest BCUT2D eigenvalue weighted by atomic mass is 16.5. The number of aryl methyl sites for hydroxylation is 1. The van der Waals surface area contributed by atoms with Crippen molar-refractivity contribution < 1.29 is 9.53 Å². The van der Waals surface area contributed by atoms with E-state index in [4.69, 9.17) is 4.74 Å². The highest BCUT2D eigenvalue weighted by molar-refractivity contribution is 5.99. The predicted molar refractivity (Wildman–Crippen MR) is 99.2 cm³/mol. The maximum atomic E-state index is 12.4. The molecule has 25 heavy (non-hydrogen) atoms. The fourth-order valence-corrected chi connectivity index (χ4v) is 2.54. The lowest BCUT2D eigenvalue weighted by molar-refractivity contribution is 0.0954. The number of amides is 1. The topological polar surface area (TPSA) is 63.6 Å². The van der Waals surface area contributed by atoms with E-state index in [2.05, 4.69) is 15.5 Å². The summed E-state index contributed by atoms with van der Waals surface area (Å²) in [7, 11) is 0. The number of nitrogens with one attached hydrogen (secondary N) is 1. The van der Waals surface area contributed by atoms with Gasteiger partial charge in [0.2, 0.25) is 0 Å². The van der Waals surface area contributed by atoms with Gasteiger partial charge in [-0.05, 0) is 38.1 Å². The zero-order valence-corrected chi connectivity index (χ0v) is 14.2. The Morgan fingerprint density at radius 2 is 1.96 bits per heavy atom. The summed E-state index contributed by atoms with van der Waals surface area (Å²) in [5.74, 6) is 0.437. The minimum absolute atomic E-state index is 0.291. The number of para-hydroxylation sites is 2.